The van der Waals surface area contributed by atoms with Gasteiger partial charge in [-0.25, -0.2) is 23.2 Å². The van der Waals surface area contributed by atoms with Crippen LogP contribution in [0.15, 0.2) is 30.3 Å². The van der Waals surface area contributed by atoms with Gasteiger partial charge in [-0.2, -0.15) is 0 Å². The minimum atomic E-state index is -3.46. The Kier molecular flexibility index (Phi) is 6.77. The van der Waals surface area contributed by atoms with E-state index in [1.54, 1.807) is 0 Å². The molecule has 11 heteroatoms. The molecule has 0 radical (unpaired) electrons. The Morgan fingerprint density at radius 3 is 2.42 bits per heavy atom. The molecule has 0 unspecified atom stereocenters. The summed E-state index contributed by atoms with van der Waals surface area (Å²) in [6, 6.07) is 9.41. The lowest BCUT2D eigenvalue weighted by Crippen LogP contribution is -2.46. The first kappa shape index (κ1) is 25.5. The summed E-state index contributed by atoms with van der Waals surface area (Å²) in [6.45, 7) is 4.69. The van der Waals surface area contributed by atoms with Gasteiger partial charge in [-0.3, -0.25) is 0 Å². The van der Waals surface area contributed by atoms with Crippen LogP contribution in [-0.2, 0) is 24.1 Å². The number of ether oxygens (including phenoxy) is 2. The van der Waals surface area contributed by atoms with Crippen molar-refractivity contribution in [2.24, 2.45) is 0 Å². The number of sulfone groups is 1. The average Bonchev–Trinajstić information content (AvgIpc) is 3.84. The largest absolute Gasteiger partial charge is 0.381 e. The Morgan fingerprint density at radius 2 is 1.76 bits per heavy atom. The van der Waals surface area contributed by atoms with E-state index in [1.165, 1.54) is 0 Å². The van der Waals surface area contributed by atoms with E-state index in [0.717, 1.165) is 18.4 Å². The third-order valence-corrected chi connectivity index (χ3v) is 11.0. The highest BCUT2D eigenvalue weighted by molar-refractivity contribution is 7.93. The van der Waals surface area contributed by atoms with Gasteiger partial charge < -0.3 is 25.0 Å². The molecule has 204 valence electrons. The number of carbonyl (C=O) groups is 1. The second-order valence-corrected chi connectivity index (χ2v) is 13.4. The molecule has 4 aliphatic rings. The van der Waals surface area contributed by atoms with Gasteiger partial charge >= 0.3 is 6.03 Å². The highest BCUT2D eigenvalue weighted by Crippen LogP contribution is 2.47. The van der Waals surface area contributed by atoms with E-state index in [-0.39, 0.29) is 23.4 Å². The van der Waals surface area contributed by atoms with Gasteiger partial charge in [-0.1, -0.05) is 0 Å². The van der Waals surface area contributed by atoms with Crippen molar-refractivity contribution < 1.29 is 22.7 Å². The number of aromatic nitrogens is 2. The first-order valence-electron chi connectivity index (χ1n) is 13.6. The molecule has 0 bridgehead atoms. The van der Waals surface area contributed by atoms with Crippen molar-refractivity contribution in [1.82, 2.24) is 15.3 Å². The van der Waals surface area contributed by atoms with Crippen LogP contribution in [0.2, 0.25) is 0 Å². The smallest absolute Gasteiger partial charge is 0.319 e. The molecule has 2 aliphatic heterocycles. The summed E-state index contributed by atoms with van der Waals surface area (Å²) in [6.07, 6.45) is 4.24. The highest BCUT2D eigenvalue weighted by atomic mass is 32.2. The molecule has 1 aromatic heterocycles. The number of hydrogen-bond acceptors (Lipinski definition) is 8. The maximum atomic E-state index is 13.9. The number of anilines is 2. The van der Waals surface area contributed by atoms with E-state index in [4.69, 9.17) is 19.4 Å². The van der Waals surface area contributed by atoms with E-state index in [0.29, 0.717) is 81.7 Å². The lowest BCUT2D eigenvalue weighted by molar-refractivity contribution is 0.0729. The van der Waals surface area contributed by atoms with Crippen molar-refractivity contribution in [1.29, 1.82) is 0 Å². The molecular weight excluding hydrogens is 506 g/mol. The molecule has 1 atom stereocenters. The molecule has 38 heavy (non-hydrogen) atoms. The quantitative estimate of drug-likeness (QED) is 0.548. The Hall–Kier alpha value is -2.76. The Morgan fingerprint density at radius 1 is 1.03 bits per heavy atom. The zero-order valence-corrected chi connectivity index (χ0v) is 22.5. The van der Waals surface area contributed by atoms with Crippen molar-refractivity contribution in [3.05, 3.63) is 36.0 Å². The van der Waals surface area contributed by atoms with E-state index in [2.05, 4.69) is 22.5 Å². The maximum Gasteiger partial charge on any atom is 0.319 e. The van der Waals surface area contributed by atoms with Gasteiger partial charge in [0.15, 0.2) is 15.7 Å². The number of hydrogen-bond donors (Lipinski definition) is 2. The summed E-state index contributed by atoms with van der Waals surface area (Å²) in [4.78, 5) is 24.2. The second kappa shape index (κ2) is 10.1. The van der Waals surface area contributed by atoms with Gasteiger partial charge in [-0.15, -0.1) is 0 Å². The van der Waals surface area contributed by atoms with Crippen LogP contribution >= 0.6 is 0 Å². The summed E-state index contributed by atoms with van der Waals surface area (Å²) in [5, 5.41) is 5.47. The summed E-state index contributed by atoms with van der Waals surface area (Å²) < 4.78 is 38.0. The molecule has 4 fully saturated rings. The molecule has 3 heterocycles. The Bertz CT molecular complexity index is 1290. The first-order valence-corrected chi connectivity index (χ1v) is 15.1. The van der Waals surface area contributed by atoms with Crippen LogP contribution in [0.4, 0.5) is 16.3 Å². The number of rotatable bonds is 7. The van der Waals surface area contributed by atoms with Crippen molar-refractivity contribution in [3.63, 3.8) is 0 Å². The van der Waals surface area contributed by atoms with Crippen LogP contribution in [0.1, 0.15) is 51.1 Å². The summed E-state index contributed by atoms with van der Waals surface area (Å²) in [5.41, 5.74) is 1.98. The molecular formula is C27H35N5O5S. The molecule has 1 aromatic carbocycles. The summed E-state index contributed by atoms with van der Waals surface area (Å²) in [5.74, 6) is 1.19. The van der Waals surface area contributed by atoms with Crippen molar-refractivity contribution in [2.45, 2.75) is 67.5 Å². The van der Waals surface area contributed by atoms with Gasteiger partial charge in [0.25, 0.3) is 0 Å². The third kappa shape index (κ3) is 4.99. The minimum Gasteiger partial charge on any atom is -0.381 e. The Balaban J connectivity index is 1.39. The van der Waals surface area contributed by atoms with E-state index >= 15 is 0 Å². The number of carbonyl (C=O) groups excluding carboxylic acids is 1. The standard InChI is InChI=1S/C27H35N5O5S/c1-18-17-37-15-12-32(18)24-16-23(27(10-13-36-14-11-27)38(34,35)22-8-9-22)30-25(31-24)19-2-4-20(5-3-19)28-26(33)29-21-6-7-21/h2-5,16,18,21-22H,6-15,17H2,1H3,(H2,28,29,33)/t18-/m0/s1. The van der Waals surface area contributed by atoms with Gasteiger partial charge in [-0.05, 0) is 69.7 Å². The van der Waals surface area contributed by atoms with Gasteiger partial charge in [0.05, 0.1) is 30.2 Å². The molecule has 6 rings (SSSR count). The maximum absolute atomic E-state index is 13.9. The number of amides is 2. The number of urea groups is 1. The fourth-order valence-electron chi connectivity index (χ4n) is 5.38. The highest BCUT2D eigenvalue weighted by Gasteiger charge is 2.54. The van der Waals surface area contributed by atoms with E-state index < -0.39 is 14.6 Å². The van der Waals surface area contributed by atoms with Crippen molar-refractivity contribution in [3.8, 4) is 11.4 Å². The Labute approximate surface area is 223 Å². The van der Waals surface area contributed by atoms with Crippen LogP contribution in [0.25, 0.3) is 11.4 Å². The number of nitrogens with one attached hydrogen (secondary N) is 2. The summed E-state index contributed by atoms with van der Waals surface area (Å²) in [7, 11) is -3.46. The zero-order valence-electron chi connectivity index (χ0n) is 21.7. The van der Waals surface area contributed by atoms with Crippen LogP contribution in [-0.4, -0.2) is 74.7 Å². The second-order valence-electron chi connectivity index (χ2n) is 10.9. The van der Waals surface area contributed by atoms with Crippen molar-refractivity contribution >= 4 is 27.4 Å². The number of morpholine rings is 1. The molecule has 2 saturated carbocycles. The molecule has 2 aliphatic carbocycles. The fourth-order valence-corrected chi connectivity index (χ4v) is 7.91. The van der Waals surface area contributed by atoms with Crippen LogP contribution in [0.3, 0.4) is 0 Å². The van der Waals surface area contributed by atoms with Crippen LogP contribution in [0.5, 0.6) is 0 Å². The van der Waals surface area contributed by atoms with E-state index in [9.17, 15) is 13.2 Å². The van der Waals surface area contributed by atoms with Crippen molar-refractivity contribution in [2.75, 3.05) is 43.2 Å². The molecule has 2 N–H and O–H groups in total. The third-order valence-electron chi connectivity index (χ3n) is 7.96. The average molecular weight is 542 g/mol. The lowest BCUT2D eigenvalue weighted by atomic mass is 9.94. The van der Waals surface area contributed by atoms with Gasteiger partial charge in [0.2, 0.25) is 0 Å². The molecule has 10 nitrogen and oxygen atoms in total. The van der Waals surface area contributed by atoms with Crippen LogP contribution < -0.4 is 15.5 Å². The first-order chi connectivity index (χ1) is 18.4. The predicted octanol–water partition coefficient (Wildman–Crippen LogP) is 3.24. The fraction of sp³-hybridized carbons (Fsp3) is 0.593. The SMILES string of the molecule is C[C@H]1COCCN1c1cc(C2(S(=O)(=O)C3CC3)CCOCC2)nc(-c2ccc(NC(=O)NC3CC3)cc2)n1. The number of nitrogens with zero attached hydrogens (tertiary/aromatic N) is 3. The zero-order chi connectivity index (χ0) is 26.3. The monoisotopic (exact) mass is 541 g/mol. The van der Waals surface area contributed by atoms with Gasteiger partial charge in [0, 0.05) is 43.1 Å². The van der Waals surface area contributed by atoms with E-state index in [1.807, 2.05) is 30.3 Å². The normalized spacial score (nSPS) is 23.6. The number of benzene rings is 1. The molecule has 2 saturated heterocycles. The van der Waals surface area contributed by atoms with Crippen LogP contribution in [0, 0.1) is 0 Å². The van der Waals surface area contributed by atoms with Gasteiger partial charge in [0.1, 0.15) is 10.6 Å². The minimum absolute atomic E-state index is 0.0987. The molecule has 2 aromatic rings. The molecule has 2 amide bonds. The molecule has 0 spiro atoms. The summed E-state index contributed by atoms with van der Waals surface area (Å²) >= 11 is 0. The lowest BCUT2D eigenvalue weighted by Gasteiger charge is -2.38. The predicted molar refractivity (Wildman–Crippen MR) is 144 cm³/mol. The topological polar surface area (TPSA) is 123 Å².